The van der Waals surface area contributed by atoms with Crippen LogP contribution in [-0.2, 0) is 28.2 Å². The monoisotopic (exact) mass is 355 g/mol. The van der Waals surface area contributed by atoms with E-state index in [1.54, 1.807) is 31.6 Å². The van der Waals surface area contributed by atoms with Gasteiger partial charge in [-0.3, -0.25) is 4.79 Å². The summed E-state index contributed by atoms with van der Waals surface area (Å²) in [6.07, 6.45) is 6.66. The number of nitrogens with zero attached hydrogens (tertiary/aromatic N) is 2. The second-order valence-electron chi connectivity index (χ2n) is 6.76. The Bertz CT molecular complexity index is 723. The zero-order valence-corrected chi connectivity index (χ0v) is 15.3. The van der Waals surface area contributed by atoms with E-state index in [1.807, 2.05) is 19.1 Å². The Balaban J connectivity index is 1.56. The van der Waals surface area contributed by atoms with Gasteiger partial charge in [-0.25, -0.2) is 9.97 Å². The van der Waals surface area contributed by atoms with Crippen molar-refractivity contribution in [3.05, 3.63) is 59.2 Å². The Morgan fingerprint density at radius 1 is 1.19 bits per heavy atom. The van der Waals surface area contributed by atoms with E-state index >= 15 is 0 Å². The highest BCUT2D eigenvalue weighted by Gasteiger charge is 2.32. The average Bonchev–Trinajstić information content (AvgIpc) is 2.68. The van der Waals surface area contributed by atoms with E-state index < -0.39 is 5.60 Å². The van der Waals surface area contributed by atoms with E-state index in [2.05, 4.69) is 15.3 Å². The number of benzene rings is 1. The minimum Gasteiger partial charge on any atom is -0.380 e. The first-order chi connectivity index (χ1) is 12.6. The van der Waals surface area contributed by atoms with Gasteiger partial charge in [-0.1, -0.05) is 12.1 Å². The van der Waals surface area contributed by atoms with Gasteiger partial charge in [0.25, 0.3) is 5.91 Å². The number of carbonyl (C=O) groups excluding carboxylic acids is 1. The third kappa shape index (κ3) is 4.45. The first-order valence-corrected chi connectivity index (χ1v) is 8.92. The SMILES string of the molecule is COCc1ccc(C(=O)NCc2cnc([C@@]3(C)CCCCO3)nc2)cc1. The highest BCUT2D eigenvalue weighted by Crippen LogP contribution is 2.32. The van der Waals surface area contributed by atoms with Crippen molar-refractivity contribution in [2.75, 3.05) is 13.7 Å². The molecule has 0 spiro atoms. The minimum atomic E-state index is -0.399. The van der Waals surface area contributed by atoms with E-state index in [9.17, 15) is 4.79 Å². The standard InChI is InChI=1S/C20H25N3O3/c1-20(9-3-4-10-26-20)19-22-12-16(13-23-19)11-21-18(24)17-7-5-15(6-8-17)14-25-2/h5-8,12-13H,3-4,9-11,14H2,1-2H3,(H,21,24)/t20-/m1/s1. The van der Waals surface area contributed by atoms with Gasteiger partial charge in [0.05, 0.1) is 6.61 Å². The van der Waals surface area contributed by atoms with E-state index in [0.29, 0.717) is 24.5 Å². The third-order valence-electron chi connectivity index (χ3n) is 4.63. The molecule has 1 aromatic heterocycles. The fraction of sp³-hybridized carbons (Fsp3) is 0.450. The highest BCUT2D eigenvalue weighted by atomic mass is 16.5. The first kappa shape index (κ1) is 18.5. The lowest BCUT2D eigenvalue weighted by atomic mass is 9.95. The van der Waals surface area contributed by atoms with Crippen molar-refractivity contribution in [2.24, 2.45) is 0 Å². The quantitative estimate of drug-likeness (QED) is 0.862. The normalized spacial score (nSPS) is 19.9. The number of carbonyl (C=O) groups is 1. The molecular weight excluding hydrogens is 330 g/mol. The predicted molar refractivity (Wildman–Crippen MR) is 97.5 cm³/mol. The molecule has 3 rings (SSSR count). The largest absolute Gasteiger partial charge is 0.380 e. The zero-order valence-electron chi connectivity index (χ0n) is 15.3. The Hall–Kier alpha value is -2.31. The molecule has 2 heterocycles. The third-order valence-corrected chi connectivity index (χ3v) is 4.63. The van der Waals surface area contributed by atoms with Crippen LogP contribution in [0.5, 0.6) is 0 Å². The van der Waals surface area contributed by atoms with Gasteiger partial charge in [0.15, 0.2) is 5.82 Å². The topological polar surface area (TPSA) is 73.3 Å². The van der Waals surface area contributed by atoms with E-state index in [1.165, 1.54) is 0 Å². The number of ether oxygens (including phenoxy) is 2. The average molecular weight is 355 g/mol. The number of aromatic nitrogens is 2. The zero-order chi connectivity index (χ0) is 18.4. The molecule has 6 heteroatoms. The lowest BCUT2D eigenvalue weighted by Gasteiger charge is -2.32. The van der Waals surface area contributed by atoms with Crippen LogP contribution in [0.25, 0.3) is 0 Å². The summed E-state index contributed by atoms with van der Waals surface area (Å²) >= 11 is 0. The second kappa shape index (κ2) is 8.38. The van der Waals surface area contributed by atoms with E-state index in [4.69, 9.17) is 9.47 Å². The van der Waals surface area contributed by atoms with E-state index in [-0.39, 0.29) is 5.91 Å². The van der Waals surface area contributed by atoms with Crippen LogP contribution in [-0.4, -0.2) is 29.6 Å². The van der Waals surface area contributed by atoms with Crippen molar-refractivity contribution in [3.8, 4) is 0 Å². The van der Waals surface area contributed by atoms with Crippen molar-refractivity contribution < 1.29 is 14.3 Å². The fourth-order valence-electron chi connectivity index (χ4n) is 3.03. The van der Waals surface area contributed by atoms with Gasteiger partial charge >= 0.3 is 0 Å². The summed E-state index contributed by atoms with van der Waals surface area (Å²) in [6.45, 7) is 3.71. The number of nitrogens with one attached hydrogen (secondary N) is 1. The molecule has 1 amide bonds. The van der Waals surface area contributed by atoms with Crippen LogP contribution in [0.2, 0.25) is 0 Å². The molecule has 1 aliphatic rings. The summed E-state index contributed by atoms with van der Waals surface area (Å²) in [7, 11) is 1.65. The molecule has 0 bridgehead atoms. The lowest BCUT2D eigenvalue weighted by Crippen LogP contribution is -2.32. The molecule has 0 unspecified atom stereocenters. The fourth-order valence-corrected chi connectivity index (χ4v) is 3.03. The van der Waals surface area contributed by atoms with Crippen LogP contribution in [0, 0.1) is 0 Å². The van der Waals surface area contributed by atoms with Crippen molar-refractivity contribution in [1.82, 2.24) is 15.3 Å². The van der Waals surface area contributed by atoms with Gasteiger partial charge in [0.2, 0.25) is 0 Å². The Morgan fingerprint density at radius 2 is 1.92 bits per heavy atom. The maximum atomic E-state index is 12.2. The van der Waals surface area contributed by atoms with Crippen LogP contribution in [0.4, 0.5) is 0 Å². The molecule has 0 saturated carbocycles. The Morgan fingerprint density at radius 3 is 2.54 bits per heavy atom. The van der Waals surface area contributed by atoms with Crippen LogP contribution < -0.4 is 5.32 Å². The van der Waals surface area contributed by atoms with Gasteiger partial charge in [0, 0.05) is 43.8 Å². The molecule has 1 aliphatic heterocycles. The smallest absolute Gasteiger partial charge is 0.251 e. The molecule has 0 aliphatic carbocycles. The molecular formula is C20H25N3O3. The molecule has 1 fully saturated rings. The summed E-state index contributed by atoms with van der Waals surface area (Å²) in [5, 5.41) is 2.89. The van der Waals surface area contributed by atoms with Crippen molar-refractivity contribution >= 4 is 5.91 Å². The van der Waals surface area contributed by atoms with Crippen LogP contribution in [0.3, 0.4) is 0 Å². The molecule has 1 saturated heterocycles. The summed E-state index contributed by atoms with van der Waals surface area (Å²) in [5.41, 5.74) is 2.11. The van der Waals surface area contributed by atoms with Crippen molar-refractivity contribution in [2.45, 2.75) is 44.9 Å². The number of hydrogen-bond acceptors (Lipinski definition) is 5. The highest BCUT2D eigenvalue weighted by molar-refractivity contribution is 5.94. The van der Waals surface area contributed by atoms with Gasteiger partial charge in [-0.2, -0.15) is 0 Å². The molecule has 1 N–H and O–H groups in total. The maximum absolute atomic E-state index is 12.2. The minimum absolute atomic E-state index is 0.124. The molecule has 6 nitrogen and oxygen atoms in total. The van der Waals surface area contributed by atoms with Crippen LogP contribution in [0.1, 0.15) is 53.5 Å². The molecule has 26 heavy (non-hydrogen) atoms. The molecule has 1 atom stereocenters. The first-order valence-electron chi connectivity index (χ1n) is 8.92. The Labute approximate surface area is 154 Å². The lowest BCUT2D eigenvalue weighted by molar-refractivity contribution is -0.0760. The van der Waals surface area contributed by atoms with E-state index in [0.717, 1.165) is 37.0 Å². The summed E-state index contributed by atoms with van der Waals surface area (Å²) < 4.78 is 10.9. The molecule has 0 radical (unpaired) electrons. The van der Waals surface area contributed by atoms with Crippen LogP contribution >= 0.6 is 0 Å². The van der Waals surface area contributed by atoms with Gasteiger partial charge in [0.1, 0.15) is 5.60 Å². The van der Waals surface area contributed by atoms with Crippen LogP contribution in [0.15, 0.2) is 36.7 Å². The van der Waals surface area contributed by atoms with Gasteiger partial charge in [-0.05, 0) is 43.9 Å². The molecule has 138 valence electrons. The number of amides is 1. The number of hydrogen-bond donors (Lipinski definition) is 1. The summed E-state index contributed by atoms with van der Waals surface area (Å²) in [4.78, 5) is 21.2. The number of rotatable bonds is 6. The summed E-state index contributed by atoms with van der Waals surface area (Å²) in [6, 6.07) is 7.37. The Kier molecular flexibility index (Phi) is 5.96. The molecule has 1 aromatic carbocycles. The van der Waals surface area contributed by atoms with Gasteiger partial charge in [-0.15, -0.1) is 0 Å². The van der Waals surface area contributed by atoms with Crippen molar-refractivity contribution in [1.29, 1.82) is 0 Å². The number of methoxy groups -OCH3 is 1. The molecule has 2 aromatic rings. The van der Waals surface area contributed by atoms with Crippen molar-refractivity contribution in [3.63, 3.8) is 0 Å². The maximum Gasteiger partial charge on any atom is 0.251 e. The predicted octanol–water partition coefficient (Wildman–Crippen LogP) is 2.97. The second-order valence-corrected chi connectivity index (χ2v) is 6.76. The van der Waals surface area contributed by atoms with Gasteiger partial charge < -0.3 is 14.8 Å². The summed E-state index contributed by atoms with van der Waals surface area (Å²) in [5.74, 6) is 0.585.